The molecule has 1 aliphatic rings. The smallest absolute Gasteiger partial charge is 0.137 e. The van der Waals surface area contributed by atoms with Gasteiger partial charge in [0.1, 0.15) is 5.82 Å². The SMILES string of the molecule is CCNC1CCC(C)(Cc2ccc(F)c(Br)c2)C1. The number of hydrogen-bond acceptors (Lipinski definition) is 1. The van der Waals surface area contributed by atoms with Crippen LogP contribution >= 0.6 is 15.9 Å². The largest absolute Gasteiger partial charge is 0.314 e. The Morgan fingerprint density at radius 1 is 1.50 bits per heavy atom. The van der Waals surface area contributed by atoms with E-state index in [2.05, 4.69) is 35.1 Å². The minimum atomic E-state index is -0.180. The van der Waals surface area contributed by atoms with Crippen LogP contribution < -0.4 is 5.32 Å². The van der Waals surface area contributed by atoms with Gasteiger partial charge in [0.05, 0.1) is 4.47 Å². The molecule has 3 heteroatoms. The Hall–Kier alpha value is -0.410. The van der Waals surface area contributed by atoms with Gasteiger partial charge in [0, 0.05) is 6.04 Å². The molecule has 2 rings (SSSR count). The van der Waals surface area contributed by atoms with Crippen molar-refractivity contribution in [3.8, 4) is 0 Å². The molecule has 2 unspecified atom stereocenters. The van der Waals surface area contributed by atoms with Gasteiger partial charge in [-0.3, -0.25) is 0 Å². The summed E-state index contributed by atoms with van der Waals surface area (Å²) in [6.07, 6.45) is 4.76. The van der Waals surface area contributed by atoms with Gasteiger partial charge in [-0.15, -0.1) is 0 Å². The van der Waals surface area contributed by atoms with Gasteiger partial charge in [0.25, 0.3) is 0 Å². The van der Waals surface area contributed by atoms with Crippen molar-refractivity contribution in [2.75, 3.05) is 6.54 Å². The van der Waals surface area contributed by atoms with Crippen LogP contribution in [0.1, 0.15) is 38.7 Å². The molecule has 1 aliphatic carbocycles. The van der Waals surface area contributed by atoms with Gasteiger partial charge in [-0.1, -0.05) is 19.9 Å². The fourth-order valence-corrected chi connectivity index (χ4v) is 3.51. The van der Waals surface area contributed by atoms with E-state index in [4.69, 9.17) is 0 Å². The van der Waals surface area contributed by atoms with Crippen molar-refractivity contribution in [1.29, 1.82) is 0 Å². The molecule has 0 radical (unpaired) electrons. The zero-order chi connectivity index (χ0) is 13.2. The number of halogens is 2. The van der Waals surface area contributed by atoms with Crippen LogP contribution in [-0.2, 0) is 6.42 Å². The minimum Gasteiger partial charge on any atom is -0.314 e. The van der Waals surface area contributed by atoms with Gasteiger partial charge < -0.3 is 5.32 Å². The lowest BCUT2D eigenvalue weighted by Crippen LogP contribution is -2.28. The second-order valence-electron chi connectivity index (χ2n) is 5.73. The molecule has 0 aromatic heterocycles. The summed E-state index contributed by atoms with van der Waals surface area (Å²) in [5.41, 5.74) is 1.58. The van der Waals surface area contributed by atoms with Gasteiger partial charge >= 0.3 is 0 Å². The number of rotatable bonds is 4. The van der Waals surface area contributed by atoms with Crippen molar-refractivity contribution in [2.24, 2.45) is 5.41 Å². The van der Waals surface area contributed by atoms with E-state index < -0.39 is 0 Å². The molecule has 0 bridgehead atoms. The molecule has 1 N–H and O–H groups in total. The second-order valence-corrected chi connectivity index (χ2v) is 6.59. The van der Waals surface area contributed by atoms with Crippen molar-refractivity contribution in [1.82, 2.24) is 5.32 Å². The summed E-state index contributed by atoms with van der Waals surface area (Å²) in [5, 5.41) is 3.54. The average Bonchev–Trinajstić information content (AvgIpc) is 2.66. The van der Waals surface area contributed by atoms with Gasteiger partial charge in [0.2, 0.25) is 0 Å². The summed E-state index contributed by atoms with van der Waals surface area (Å²) in [7, 11) is 0. The summed E-state index contributed by atoms with van der Waals surface area (Å²) in [5.74, 6) is -0.180. The fraction of sp³-hybridized carbons (Fsp3) is 0.600. The first-order chi connectivity index (χ1) is 8.52. The zero-order valence-electron chi connectivity index (χ0n) is 11.1. The molecule has 0 spiro atoms. The highest BCUT2D eigenvalue weighted by atomic mass is 79.9. The number of benzene rings is 1. The first-order valence-electron chi connectivity index (χ1n) is 6.70. The van der Waals surface area contributed by atoms with E-state index in [1.54, 1.807) is 6.07 Å². The van der Waals surface area contributed by atoms with Crippen molar-refractivity contribution in [3.05, 3.63) is 34.1 Å². The molecule has 0 aliphatic heterocycles. The summed E-state index contributed by atoms with van der Waals surface area (Å²) < 4.78 is 13.8. The Bertz CT molecular complexity index is 421. The van der Waals surface area contributed by atoms with Gasteiger partial charge in [-0.05, 0) is 71.3 Å². The maximum absolute atomic E-state index is 13.2. The lowest BCUT2D eigenvalue weighted by atomic mass is 9.82. The molecule has 100 valence electrons. The maximum Gasteiger partial charge on any atom is 0.137 e. The molecule has 1 nitrogen and oxygen atoms in total. The molecule has 0 heterocycles. The van der Waals surface area contributed by atoms with Crippen LogP contribution in [0.2, 0.25) is 0 Å². The van der Waals surface area contributed by atoms with Crippen LogP contribution in [0.25, 0.3) is 0 Å². The molecule has 1 aromatic rings. The van der Waals surface area contributed by atoms with Crippen LogP contribution in [-0.4, -0.2) is 12.6 Å². The van der Waals surface area contributed by atoms with E-state index in [1.807, 2.05) is 12.1 Å². The molecule has 18 heavy (non-hydrogen) atoms. The highest BCUT2D eigenvalue weighted by Crippen LogP contribution is 2.40. The summed E-state index contributed by atoms with van der Waals surface area (Å²) in [6.45, 7) is 5.55. The third kappa shape index (κ3) is 3.33. The van der Waals surface area contributed by atoms with Crippen LogP contribution in [0.5, 0.6) is 0 Å². The van der Waals surface area contributed by atoms with Gasteiger partial charge in [-0.2, -0.15) is 0 Å². The molecule has 0 saturated heterocycles. The zero-order valence-corrected chi connectivity index (χ0v) is 12.7. The predicted molar refractivity (Wildman–Crippen MR) is 77.2 cm³/mol. The molecule has 1 aromatic carbocycles. The minimum absolute atomic E-state index is 0.180. The molecular formula is C15H21BrFN. The summed E-state index contributed by atoms with van der Waals surface area (Å²) in [4.78, 5) is 0. The number of nitrogens with one attached hydrogen (secondary N) is 1. The van der Waals surface area contributed by atoms with Crippen LogP contribution in [0.4, 0.5) is 4.39 Å². The summed E-state index contributed by atoms with van der Waals surface area (Å²) in [6, 6.07) is 6.04. The highest BCUT2D eigenvalue weighted by Gasteiger charge is 2.34. The lowest BCUT2D eigenvalue weighted by molar-refractivity contribution is 0.322. The predicted octanol–water partition coefficient (Wildman–Crippen LogP) is 4.30. The van der Waals surface area contributed by atoms with Gasteiger partial charge in [-0.25, -0.2) is 4.39 Å². The Kier molecular flexibility index (Phi) is 4.44. The Morgan fingerprint density at radius 2 is 2.28 bits per heavy atom. The third-order valence-corrected chi connectivity index (χ3v) is 4.55. The highest BCUT2D eigenvalue weighted by molar-refractivity contribution is 9.10. The first kappa shape index (κ1) is 14.0. The topological polar surface area (TPSA) is 12.0 Å². The Labute approximate surface area is 117 Å². The van der Waals surface area contributed by atoms with Crippen molar-refractivity contribution >= 4 is 15.9 Å². The second kappa shape index (κ2) is 5.70. The van der Waals surface area contributed by atoms with Gasteiger partial charge in [0.15, 0.2) is 0 Å². The standard InChI is InChI=1S/C15H21BrFN/c1-3-18-12-6-7-15(2,10-12)9-11-4-5-14(17)13(16)8-11/h4-5,8,12,18H,3,6-7,9-10H2,1-2H3. The van der Waals surface area contributed by atoms with E-state index >= 15 is 0 Å². The molecule has 1 fully saturated rings. The van der Waals surface area contributed by atoms with Crippen molar-refractivity contribution in [3.63, 3.8) is 0 Å². The number of hydrogen-bond donors (Lipinski definition) is 1. The Balaban J connectivity index is 2.02. The quantitative estimate of drug-likeness (QED) is 0.874. The molecule has 0 amide bonds. The third-order valence-electron chi connectivity index (χ3n) is 3.94. The maximum atomic E-state index is 13.2. The first-order valence-corrected chi connectivity index (χ1v) is 7.49. The van der Waals surface area contributed by atoms with Crippen LogP contribution in [0.3, 0.4) is 0 Å². The van der Waals surface area contributed by atoms with E-state index in [9.17, 15) is 4.39 Å². The fourth-order valence-electron chi connectivity index (χ4n) is 3.09. The summed E-state index contributed by atoms with van der Waals surface area (Å²) >= 11 is 3.26. The van der Waals surface area contributed by atoms with Crippen molar-refractivity contribution in [2.45, 2.75) is 45.6 Å². The molecule has 1 saturated carbocycles. The van der Waals surface area contributed by atoms with E-state index in [1.165, 1.54) is 24.8 Å². The molecular weight excluding hydrogens is 293 g/mol. The average molecular weight is 314 g/mol. The normalized spacial score (nSPS) is 27.7. The van der Waals surface area contributed by atoms with E-state index in [-0.39, 0.29) is 5.82 Å². The Morgan fingerprint density at radius 3 is 2.94 bits per heavy atom. The van der Waals surface area contributed by atoms with E-state index in [0.29, 0.717) is 15.9 Å². The van der Waals surface area contributed by atoms with Crippen LogP contribution in [0.15, 0.2) is 22.7 Å². The monoisotopic (exact) mass is 313 g/mol. The van der Waals surface area contributed by atoms with E-state index in [0.717, 1.165) is 13.0 Å². The van der Waals surface area contributed by atoms with Crippen molar-refractivity contribution < 1.29 is 4.39 Å². The lowest BCUT2D eigenvalue weighted by Gasteiger charge is -2.24. The molecule has 2 atom stereocenters. The van der Waals surface area contributed by atoms with Crippen LogP contribution in [0, 0.1) is 11.2 Å².